The zero-order chi connectivity index (χ0) is 11.8. The minimum absolute atomic E-state index is 0.361. The Kier molecular flexibility index (Phi) is 2.44. The van der Waals surface area contributed by atoms with Crippen LogP contribution in [0.25, 0.3) is 11.4 Å². The van der Waals surface area contributed by atoms with Crippen LogP contribution in [0.3, 0.4) is 0 Å². The molecule has 3 rings (SSSR count). The van der Waals surface area contributed by atoms with Crippen molar-refractivity contribution >= 4 is 17.3 Å². The zero-order valence-electron chi connectivity index (χ0n) is 9.10. The van der Waals surface area contributed by atoms with E-state index in [-0.39, 0.29) is 0 Å². The van der Waals surface area contributed by atoms with Gasteiger partial charge in [-0.15, -0.1) is 0 Å². The van der Waals surface area contributed by atoms with Gasteiger partial charge in [0.15, 0.2) is 0 Å². The van der Waals surface area contributed by atoms with E-state index in [0.29, 0.717) is 22.5 Å². The highest BCUT2D eigenvalue weighted by Gasteiger charge is 2.25. The second-order valence-corrected chi connectivity index (χ2v) is 4.60. The number of hydrogen-bond donors (Lipinski definition) is 1. The molecule has 1 saturated carbocycles. The average Bonchev–Trinajstić information content (AvgIpc) is 3.12. The van der Waals surface area contributed by atoms with Crippen LogP contribution in [-0.2, 0) is 0 Å². The second-order valence-electron chi connectivity index (χ2n) is 4.21. The lowest BCUT2D eigenvalue weighted by molar-refractivity contribution is 1.02. The number of nitrogen functional groups attached to an aromatic ring is 1. The fourth-order valence-corrected chi connectivity index (χ4v) is 1.91. The van der Waals surface area contributed by atoms with Crippen LogP contribution < -0.4 is 5.73 Å². The van der Waals surface area contributed by atoms with Gasteiger partial charge in [-0.3, -0.25) is 9.97 Å². The summed E-state index contributed by atoms with van der Waals surface area (Å²) in [7, 11) is 0. The molecule has 2 N–H and O–H groups in total. The number of hydrogen-bond acceptors (Lipinski definition) is 4. The van der Waals surface area contributed by atoms with Crippen molar-refractivity contribution < 1.29 is 0 Å². The molecule has 2 aromatic heterocycles. The molecule has 0 radical (unpaired) electrons. The molecule has 86 valence electrons. The third kappa shape index (κ3) is 2.22. The maximum Gasteiger partial charge on any atom is 0.148 e. The van der Waals surface area contributed by atoms with E-state index >= 15 is 0 Å². The van der Waals surface area contributed by atoms with Gasteiger partial charge in [0.05, 0.1) is 18.1 Å². The molecule has 5 heteroatoms. The van der Waals surface area contributed by atoms with Gasteiger partial charge in [-0.2, -0.15) is 0 Å². The smallest absolute Gasteiger partial charge is 0.148 e. The highest BCUT2D eigenvalue weighted by atomic mass is 35.5. The van der Waals surface area contributed by atoms with Gasteiger partial charge in [-0.25, -0.2) is 4.98 Å². The van der Waals surface area contributed by atoms with Gasteiger partial charge in [-0.05, 0) is 25.0 Å². The summed E-state index contributed by atoms with van der Waals surface area (Å²) in [5.74, 6) is 0.560. The van der Waals surface area contributed by atoms with Crippen molar-refractivity contribution in [3.63, 3.8) is 0 Å². The van der Waals surface area contributed by atoms with Crippen molar-refractivity contribution in [3.8, 4) is 11.4 Å². The summed E-state index contributed by atoms with van der Waals surface area (Å²) in [4.78, 5) is 12.8. The monoisotopic (exact) mass is 246 g/mol. The lowest BCUT2D eigenvalue weighted by Gasteiger charge is -2.05. The number of rotatable bonds is 2. The number of aromatic nitrogens is 3. The molecule has 0 spiro atoms. The fraction of sp³-hybridized carbons (Fsp3) is 0.250. The Balaban J connectivity index is 2.07. The fourth-order valence-electron chi connectivity index (χ4n) is 1.76. The van der Waals surface area contributed by atoms with Gasteiger partial charge in [-0.1, -0.05) is 11.6 Å². The normalized spacial score (nSPS) is 14.9. The first-order chi connectivity index (χ1) is 8.22. The van der Waals surface area contributed by atoms with Crippen LogP contribution in [0.4, 0.5) is 5.69 Å². The molecule has 0 aromatic carbocycles. The van der Waals surface area contributed by atoms with Crippen LogP contribution in [0.2, 0.25) is 5.15 Å². The third-order valence-corrected chi connectivity index (χ3v) is 2.91. The molecule has 0 saturated heterocycles. The number of nitrogens with zero attached hydrogens (tertiary/aromatic N) is 3. The predicted molar refractivity (Wildman–Crippen MR) is 66.7 cm³/mol. The van der Waals surface area contributed by atoms with E-state index in [2.05, 4.69) is 15.0 Å². The van der Waals surface area contributed by atoms with Crippen molar-refractivity contribution in [2.24, 2.45) is 0 Å². The van der Waals surface area contributed by atoms with Gasteiger partial charge in [0, 0.05) is 17.3 Å². The van der Waals surface area contributed by atoms with Gasteiger partial charge in [0.1, 0.15) is 10.8 Å². The van der Waals surface area contributed by atoms with Crippen LogP contribution in [0.15, 0.2) is 24.5 Å². The maximum absolute atomic E-state index is 5.88. The molecule has 0 bridgehead atoms. The zero-order valence-corrected chi connectivity index (χ0v) is 9.85. The van der Waals surface area contributed by atoms with Gasteiger partial charge in [0.25, 0.3) is 0 Å². The number of nitrogens with two attached hydrogens (primary N) is 1. The molecule has 1 aliphatic carbocycles. The Hall–Kier alpha value is -1.68. The molecule has 0 atom stereocenters. The molecule has 0 aliphatic heterocycles. The van der Waals surface area contributed by atoms with Gasteiger partial charge < -0.3 is 5.73 Å². The van der Waals surface area contributed by atoms with E-state index in [0.717, 1.165) is 11.4 Å². The average molecular weight is 247 g/mol. The molecule has 2 aromatic rings. The highest BCUT2D eigenvalue weighted by Crippen LogP contribution is 2.40. The first-order valence-electron chi connectivity index (χ1n) is 5.48. The Labute approximate surface area is 104 Å². The van der Waals surface area contributed by atoms with E-state index in [1.165, 1.54) is 19.0 Å². The number of pyridine rings is 1. The Morgan fingerprint density at radius 2 is 1.94 bits per heavy atom. The molecular weight excluding hydrogens is 236 g/mol. The third-order valence-electron chi connectivity index (χ3n) is 2.73. The lowest BCUT2D eigenvalue weighted by Crippen LogP contribution is -1.96. The van der Waals surface area contributed by atoms with Gasteiger partial charge in [0.2, 0.25) is 0 Å². The standard InChI is InChI=1S/C12H11ClN4/c13-12-6-15-5-11(17-12)10-4-8(14)3-9(16-10)7-1-2-7/h3-7H,1-2H2,(H2,14,16). The molecule has 2 heterocycles. The summed E-state index contributed by atoms with van der Waals surface area (Å²) in [6.07, 6.45) is 5.53. The van der Waals surface area contributed by atoms with Crippen LogP contribution >= 0.6 is 11.6 Å². The van der Waals surface area contributed by atoms with E-state index in [1.54, 1.807) is 12.3 Å². The topological polar surface area (TPSA) is 64.7 Å². The first-order valence-corrected chi connectivity index (χ1v) is 5.85. The largest absolute Gasteiger partial charge is 0.399 e. The SMILES string of the molecule is Nc1cc(-c2cncc(Cl)n2)nc(C2CC2)c1. The van der Waals surface area contributed by atoms with Crippen LogP contribution in [0.1, 0.15) is 24.5 Å². The van der Waals surface area contributed by atoms with E-state index < -0.39 is 0 Å². The Bertz CT molecular complexity index is 566. The second kappa shape index (κ2) is 3.96. The molecule has 0 unspecified atom stereocenters. The predicted octanol–water partition coefficient (Wildman–Crippen LogP) is 2.65. The maximum atomic E-state index is 5.88. The molecule has 4 nitrogen and oxygen atoms in total. The van der Waals surface area contributed by atoms with Crippen molar-refractivity contribution in [3.05, 3.63) is 35.4 Å². The Morgan fingerprint density at radius 1 is 1.12 bits per heavy atom. The number of halogens is 1. The van der Waals surface area contributed by atoms with Crippen LogP contribution in [0, 0.1) is 0 Å². The molecule has 1 fully saturated rings. The summed E-state index contributed by atoms with van der Waals surface area (Å²) in [5.41, 5.74) is 9.03. The summed E-state index contributed by atoms with van der Waals surface area (Å²) in [5, 5.41) is 0.361. The number of anilines is 1. The summed E-state index contributed by atoms with van der Waals surface area (Å²) >= 11 is 5.82. The highest BCUT2D eigenvalue weighted by molar-refractivity contribution is 6.29. The van der Waals surface area contributed by atoms with Gasteiger partial charge >= 0.3 is 0 Å². The Morgan fingerprint density at radius 3 is 2.65 bits per heavy atom. The molecular formula is C12H11ClN4. The minimum Gasteiger partial charge on any atom is -0.399 e. The molecule has 0 amide bonds. The van der Waals surface area contributed by atoms with E-state index in [1.807, 2.05) is 6.07 Å². The summed E-state index contributed by atoms with van der Waals surface area (Å²) in [6, 6.07) is 3.73. The van der Waals surface area contributed by atoms with Crippen LogP contribution in [-0.4, -0.2) is 15.0 Å². The van der Waals surface area contributed by atoms with Crippen molar-refractivity contribution in [1.82, 2.24) is 15.0 Å². The first kappa shape index (κ1) is 10.5. The summed E-state index contributed by atoms with van der Waals surface area (Å²) < 4.78 is 0. The van der Waals surface area contributed by atoms with E-state index in [9.17, 15) is 0 Å². The van der Waals surface area contributed by atoms with Crippen molar-refractivity contribution in [2.45, 2.75) is 18.8 Å². The lowest BCUT2D eigenvalue weighted by atomic mass is 10.2. The van der Waals surface area contributed by atoms with Crippen LogP contribution in [0.5, 0.6) is 0 Å². The molecule has 1 aliphatic rings. The quantitative estimate of drug-likeness (QED) is 0.885. The van der Waals surface area contributed by atoms with E-state index in [4.69, 9.17) is 17.3 Å². The summed E-state index contributed by atoms with van der Waals surface area (Å²) in [6.45, 7) is 0. The molecule has 17 heavy (non-hydrogen) atoms. The van der Waals surface area contributed by atoms with Crippen molar-refractivity contribution in [1.29, 1.82) is 0 Å². The van der Waals surface area contributed by atoms with Crippen molar-refractivity contribution in [2.75, 3.05) is 5.73 Å². The minimum atomic E-state index is 0.361.